The van der Waals surface area contributed by atoms with Crippen molar-refractivity contribution in [2.24, 2.45) is 0 Å². The molecule has 2 aliphatic rings. The monoisotopic (exact) mass is 479 g/mol. The molecule has 35 heavy (non-hydrogen) atoms. The number of rotatable bonds is 7. The van der Waals surface area contributed by atoms with E-state index >= 15 is 0 Å². The Balaban J connectivity index is 1.19. The Labute approximate surface area is 202 Å². The van der Waals surface area contributed by atoms with Gasteiger partial charge < -0.3 is 30.4 Å². The molecule has 2 amide bonds. The predicted octanol–water partition coefficient (Wildman–Crippen LogP) is 1.29. The summed E-state index contributed by atoms with van der Waals surface area (Å²) in [6.45, 7) is 1.76. The molecule has 1 saturated heterocycles. The number of amides is 2. The van der Waals surface area contributed by atoms with Gasteiger partial charge in [0.2, 0.25) is 5.91 Å². The third kappa shape index (κ3) is 4.76. The molecule has 3 atom stereocenters. The van der Waals surface area contributed by atoms with Crippen LogP contribution in [0.15, 0.2) is 36.9 Å². The molecule has 0 unspecified atom stereocenters. The Kier molecular flexibility index (Phi) is 6.49. The van der Waals surface area contributed by atoms with E-state index < -0.39 is 12.1 Å². The van der Waals surface area contributed by atoms with E-state index in [2.05, 4.69) is 20.3 Å². The van der Waals surface area contributed by atoms with Crippen molar-refractivity contribution in [3.8, 4) is 5.75 Å². The SMILES string of the molecule is Nc1ncnc2c1ncn2[C@H]1CCC[C@H](NC(=O)c2ccc(OCCN3CCCC3=O)cc2)[C@@H]1O. The number of aliphatic hydroxyl groups is 1. The lowest BCUT2D eigenvalue weighted by Crippen LogP contribution is -2.49. The van der Waals surface area contributed by atoms with Crippen LogP contribution < -0.4 is 15.8 Å². The van der Waals surface area contributed by atoms with Gasteiger partial charge in [-0.2, -0.15) is 0 Å². The van der Waals surface area contributed by atoms with E-state index in [1.165, 1.54) is 6.33 Å². The van der Waals surface area contributed by atoms with E-state index in [-0.39, 0.29) is 17.9 Å². The maximum Gasteiger partial charge on any atom is 0.251 e. The number of aromatic nitrogens is 4. The Morgan fingerprint density at radius 3 is 2.77 bits per heavy atom. The predicted molar refractivity (Wildman–Crippen MR) is 128 cm³/mol. The Bertz CT molecular complexity index is 1210. The molecule has 0 bridgehead atoms. The van der Waals surface area contributed by atoms with Gasteiger partial charge in [0.1, 0.15) is 24.2 Å². The third-order valence-electron chi connectivity index (χ3n) is 6.80. The fourth-order valence-electron chi connectivity index (χ4n) is 4.90. The molecular formula is C24H29N7O4. The van der Waals surface area contributed by atoms with Crippen molar-refractivity contribution in [1.29, 1.82) is 0 Å². The first-order valence-corrected chi connectivity index (χ1v) is 11.9. The number of likely N-dealkylation sites (tertiary alicyclic amines) is 1. The molecule has 11 heteroatoms. The summed E-state index contributed by atoms with van der Waals surface area (Å²) in [6.07, 6.45) is 5.94. The zero-order valence-electron chi connectivity index (χ0n) is 19.3. The molecule has 4 N–H and O–H groups in total. The van der Waals surface area contributed by atoms with Gasteiger partial charge in [0.15, 0.2) is 11.5 Å². The van der Waals surface area contributed by atoms with Crippen LogP contribution in [0.4, 0.5) is 5.82 Å². The average Bonchev–Trinajstić information content (AvgIpc) is 3.48. The van der Waals surface area contributed by atoms with Gasteiger partial charge in [-0.25, -0.2) is 15.0 Å². The van der Waals surface area contributed by atoms with E-state index in [4.69, 9.17) is 10.5 Å². The summed E-state index contributed by atoms with van der Waals surface area (Å²) >= 11 is 0. The summed E-state index contributed by atoms with van der Waals surface area (Å²) in [6, 6.07) is 6.17. The molecule has 1 aliphatic carbocycles. The van der Waals surface area contributed by atoms with Gasteiger partial charge in [0.25, 0.3) is 5.91 Å². The van der Waals surface area contributed by atoms with Crippen molar-refractivity contribution in [1.82, 2.24) is 29.7 Å². The fourth-order valence-corrected chi connectivity index (χ4v) is 4.90. The summed E-state index contributed by atoms with van der Waals surface area (Å²) in [7, 11) is 0. The molecule has 0 spiro atoms. The maximum absolute atomic E-state index is 12.9. The van der Waals surface area contributed by atoms with E-state index in [1.807, 2.05) is 4.57 Å². The van der Waals surface area contributed by atoms with Crippen molar-refractivity contribution in [3.63, 3.8) is 0 Å². The number of benzene rings is 1. The van der Waals surface area contributed by atoms with Crippen LogP contribution in [0, 0.1) is 0 Å². The number of fused-ring (bicyclic) bond motifs is 1. The van der Waals surface area contributed by atoms with Gasteiger partial charge in [0.05, 0.1) is 31.1 Å². The Morgan fingerprint density at radius 2 is 2.00 bits per heavy atom. The van der Waals surface area contributed by atoms with Crippen molar-refractivity contribution in [2.45, 2.75) is 50.3 Å². The number of nitrogens with one attached hydrogen (secondary N) is 1. The van der Waals surface area contributed by atoms with Crippen molar-refractivity contribution >= 4 is 28.8 Å². The number of aliphatic hydroxyl groups excluding tert-OH is 1. The van der Waals surface area contributed by atoms with Gasteiger partial charge in [0, 0.05) is 18.5 Å². The van der Waals surface area contributed by atoms with Crippen LogP contribution in [0.25, 0.3) is 11.2 Å². The first kappa shape index (κ1) is 23.0. The zero-order chi connectivity index (χ0) is 24.4. The van der Waals surface area contributed by atoms with E-state index in [9.17, 15) is 14.7 Å². The summed E-state index contributed by atoms with van der Waals surface area (Å²) in [4.78, 5) is 38.9. The highest BCUT2D eigenvalue weighted by atomic mass is 16.5. The fraction of sp³-hybridized carbons (Fsp3) is 0.458. The molecule has 2 fully saturated rings. The number of nitrogen functional groups attached to an aromatic ring is 1. The topological polar surface area (TPSA) is 148 Å². The van der Waals surface area contributed by atoms with Crippen LogP contribution in [-0.4, -0.2) is 73.2 Å². The van der Waals surface area contributed by atoms with Gasteiger partial charge in [-0.3, -0.25) is 9.59 Å². The molecule has 11 nitrogen and oxygen atoms in total. The lowest BCUT2D eigenvalue weighted by Gasteiger charge is -2.36. The van der Waals surface area contributed by atoms with Gasteiger partial charge in [-0.1, -0.05) is 0 Å². The molecule has 5 rings (SSSR count). The Morgan fingerprint density at radius 1 is 1.17 bits per heavy atom. The molecule has 0 radical (unpaired) electrons. The van der Waals surface area contributed by atoms with Crippen molar-refractivity contribution in [3.05, 3.63) is 42.5 Å². The van der Waals surface area contributed by atoms with E-state index in [0.717, 1.165) is 25.8 Å². The number of hydrogen-bond acceptors (Lipinski definition) is 8. The number of nitrogens with two attached hydrogens (primary N) is 1. The number of anilines is 1. The normalized spacial score (nSPS) is 22.5. The van der Waals surface area contributed by atoms with E-state index in [1.54, 1.807) is 35.5 Å². The van der Waals surface area contributed by atoms with E-state index in [0.29, 0.717) is 54.3 Å². The lowest BCUT2D eigenvalue weighted by atomic mass is 9.87. The second-order valence-corrected chi connectivity index (χ2v) is 9.01. The molecule has 1 saturated carbocycles. The third-order valence-corrected chi connectivity index (χ3v) is 6.80. The number of nitrogens with zero attached hydrogens (tertiary/aromatic N) is 5. The summed E-state index contributed by atoms with van der Waals surface area (Å²) in [5.74, 6) is 0.845. The Hall–Kier alpha value is -3.73. The van der Waals surface area contributed by atoms with Crippen LogP contribution >= 0.6 is 0 Å². The number of carbonyl (C=O) groups excluding carboxylic acids is 2. The van der Waals surface area contributed by atoms with Crippen molar-refractivity contribution < 1.29 is 19.4 Å². The molecule has 184 valence electrons. The van der Waals surface area contributed by atoms with Gasteiger partial charge >= 0.3 is 0 Å². The highest BCUT2D eigenvalue weighted by molar-refractivity contribution is 5.94. The van der Waals surface area contributed by atoms with Crippen LogP contribution in [0.2, 0.25) is 0 Å². The second kappa shape index (κ2) is 9.87. The highest BCUT2D eigenvalue weighted by Crippen LogP contribution is 2.32. The summed E-state index contributed by atoms with van der Waals surface area (Å²) < 4.78 is 7.54. The van der Waals surface area contributed by atoms with Crippen molar-refractivity contribution in [2.75, 3.05) is 25.4 Å². The van der Waals surface area contributed by atoms with Crippen LogP contribution in [0.5, 0.6) is 5.75 Å². The molecule has 1 aliphatic heterocycles. The van der Waals surface area contributed by atoms with Crippen LogP contribution in [-0.2, 0) is 4.79 Å². The first-order valence-electron chi connectivity index (χ1n) is 11.9. The largest absolute Gasteiger partial charge is 0.492 e. The minimum Gasteiger partial charge on any atom is -0.492 e. The molecular weight excluding hydrogens is 450 g/mol. The molecule has 1 aromatic carbocycles. The molecule has 2 aromatic heterocycles. The number of hydrogen-bond donors (Lipinski definition) is 3. The quantitative estimate of drug-likeness (QED) is 0.459. The first-order chi connectivity index (χ1) is 17.0. The summed E-state index contributed by atoms with van der Waals surface area (Å²) in [5, 5.41) is 14.1. The molecule has 3 aromatic rings. The van der Waals surface area contributed by atoms with Gasteiger partial charge in [-0.05, 0) is 49.9 Å². The summed E-state index contributed by atoms with van der Waals surface area (Å²) in [5.41, 5.74) is 7.44. The van der Waals surface area contributed by atoms with Crippen LogP contribution in [0.1, 0.15) is 48.5 Å². The average molecular weight is 480 g/mol. The van der Waals surface area contributed by atoms with Gasteiger partial charge in [-0.15, -0.1) is 0 Å². The minimum atomic E-state index is -0.808. The highest BCUT2D eigenvalue weighted by Gasteiger charge is 2.35. The standard InChI is InChI=1S/C24H29N7O4/c25-22-20-23(27-13-26-22)31(14-28-20)18-4-1-3-17(21(18)33)29-24(34)15-6-8-16(9-7-15)35-12-11-30-10-2-5-19(30)32/h6-9,13-14,17-18,21,33H,1-5,10-12H2,(H,29,34)(H2,25,26,27)/t17-,18-,21-/m0/s1. The smallest absolute Gasteiger partial charge is 0.251 e. The number of imidazole rings is 1. The number of ether oxygens (including phenoxy) is 1. The van der Waals surface area contributed by atoms with Crippen LogP contribution in [0.3, 0.4) is 0 Å². The number of carbonyl (C=O) groups is 2. The molecule has 3 heterocycles. The minimum absolute atomic E-state index is 0.173. The second-order valence-electron chi connectivity index (χ2n) is 9.01. The maximum atomic E-state index is 12.9. The zero-order valence-corrected chi connectivity index (χ0v) is 19.3. The lowest BCUT2D eigenvalue weighted by molar-refractivity contribution is -0.128.